The van der Waals surface area contributed by atoms with Crippen LogP contribution in [0.2, 0.25) is 0 Å². The van der Waals surface area contributed by atoms with Crippen molar-refractivity contribution in [1.29, 1.82) is 0 Å². The fourth-order valence-corrected chi connectivity index (χ4v) is 2.89. The van der Waals surface area contributed by atoms with Crippen LogP contribution < -0.4 is 0 Å². The van der Waals surface area contributed by atoms with Gasteiger partial charge in [-0.25, -0.2) is 0 Å². The second-order valence-corrected chi connectivity index (χ2v) is 5.65. The maximum Gasteiger partial charge on any atom is 0.391 e. The zero-order chi connectivity index (χ0) is 14.3. The molecule has 1 rings (SSSR count). The number of aliphatic hydroxyl groups is 1. The van der Waals surface area contributed by atoms with E-state index in [1.165, 1.54) is 0 Å². The molecule has 1 N–H and O–H groups in total. The van der Waals surface area contributed by atoms with Crippen LogP contribution in [-0.2, 0) is 0 Å². The van der Waals surface area contributed by atoms with E-state index in [0.29, 0.717) is 12.8 Å². The van der Waals surface area contributed by atoms with Gasteiger partial charge in [0, 0.05) is 0 Å². The Hall–Kier alpha value is -0.510. The van der Waals surface area contributed by atoms with Crippen LogP contribution in [0.25, 0.3) is 0 Å². The number of allylic oxidation sites excluding steroid dienone is 1. The lowest BCUT2D eigenvalue weighted by molar-refractivity contribution is -0.185. The van der Waals surface area contributed by atoms with Gasteiger partial charge in [0.25, 0.3) is 0 Å². The monoisotopic (exact) mass is 278 g/mol. The van der Waals surface area contributed by atoms with Crippen molar-refractivity contribution in [1.82, 2.24) is 0 Å². The molecular formula is C15H25F3O. The van der Waals surface area contributed by atoms with Crippen LogP contribution in [0.5, 0.6) is 0 Å². The van der Waals surface area contributed by atoms with E-state index >= 15 is 0 Å². The Bertz CT molecular complexity index is 255. The van der Waals surface area contributed by atoms with E-state index in [-0.39, 0.29) is 18.8 Å². The number of hydrogen-bond donors (Lipinski definition) is 1. The van der Waals surface area contributed by atoms with Crippen LogP contribution in [0, 0.1) is 11.8 Å². The van der Waals surface area contributed by atoms with Crippen molar-refractivity contribution >= 4 is 0 Å². The molecule has 1 aliphatic carbocycles. The Balaban J connectivity index is 2.18. The summed E-state index contributed by atoms with van der Waals surface area (Å²) < 4.78 is 37.6. The van der Waals surface area contributed by atoms with Crippen molar-refractivity contribution < 1.29 is 18.3 Å². The maximum atomic E-state index is 12.5. The summed E-state index contributed by atoms with van der Waals surface area (Å²) in [5.41, 5.74) is 0. The van der Waals surface area contributed by atoms with E-state index in [1.807, 2.05) is 6.08 Å². The summed E-state index contributed by atoms with van der Waals surface area (Å²) in [4.78, 5) is 0. The molecule has 1 aliphatic rings. The average Bonchev–Trinajstić information content (AvgIpc) is 2.37. The largest absolute Gasteiger partial charge is 0.393 e. The molecule has 0 aromatic heterocycles. The number of aliphatic hydroxyl groups excluding tert-OH is 1. The van der Waals surface area contributed by atoms with Crippen LogP contribution in [0.4, 0.5) is 13.2 Å². The standard InChI is InChI=1S/C15H25F3O/c1-2-3-4-5-6-7-14(19)12-8-10-13(11-9-12)15(16,17)18/h2,12-14,19H,1,3-11H2. The maximum absolute atomic E-state index is 12.5. The highest BCUT2D eigenvalue weighted by atomic mass is 19.4. The molecule has 0 aromatic rings. The minimum Gasteiger partial charge on any atom is -0.393 e. The van der Waals surface area contributed by atoms with Gasteiger partial charge >= 0.3 is 6.18 Å². The van der Waals surface area contributed by atoms with Gasteiger partial charge in [-0.05, 0) is 50.9 Å². The Labute approximate surface area is 113 Å². The summed E-state index contributed by atoms with van der Waals surface area (Å²) in [7, 11) is 0. The smallest absolute Gasteiger partial charge is 0.391 e. The molecule has 4 heteroatoms. The molecule has 0 aliphatic heterocycles. The molecule has 0 aromatic carbocycles. The quantitative estimate of drug-likeness (QED) is 0.521. The van der Waals surface area contributed by atoms with E-state index < -0.39 is 18.2 Å². The van der Waals surface area contributed by atoms with Crippen molar-refractivity contribution in [3.05, 3.63) is 12.7 Å². The van der Waals surface area contributed by atoms with Crippen molar-refractivity contribution in [2.45, 2.75) is 70.1 Å². The first-order valence-corrected chi connectivity index (χ1v) is 7.30. The highest BCUT2D eigenvalue weighted by Crippen LogP contribution is 2.40. The Morgan fingerprint density at radius 1 is 1.11 bits per heavy atom. The molecule has 19 heavy (non-hydrogen) atoms. The number of rotatable bonds is 7. The van der Waals surface area contributed by atoms with E-state index in [0.717, 1.165) is 32.1 Å². The fraction of sp³-hybridized carbons (Fsp3) is 0.867. The van der Waals surface area contributed by atoms with Gasteiger partial charge in [-0.15, -0.1) is 6.58 Å². The SMILES string of the molecule is C=CCCCCCC(O)C1CCC(C(F)(F)F)CC1. The van der Waals surface area contributed by atoms with E-state index in [4.69, 9.17) is 0 Å². The summed E-state index contributed by atoms with van der Waals surface area (Å²) in [6.45, 7) is 3.65. The second kappa shape index (κ2) is 7.93. The lowest BCUT2D eigenvalue weighted by Gasteiger charge is -2.32. The zero-order valence-corrected chi connectivity index (χ0v) is 11.5. The number of unbranched alkanes of at least 4 members (excludes halogenated alkanes) is 3. The molecule has 1 unspecified atom stereocenters. The van der Waals surface area contributed by atoms with Gasteiger partial charge in [0.05, 0.1) is 12.0 Å². The van der Waals surface area contributed by atoms with Crippen LogP contribution >= 0.6 is 0 Å². The predicted molar refractivity (Wildman–Crippen MR) is 70.8 cm³/mol. The molecule has 112 valence electrons. The summed E-state index contributed by atoms with van der Waals surface area (Å²) in [5, 5.41) is 10.0. The highest BCUT2D eigenvalue weighted by Gasteiger charge is 2.42. The molecule has 0 radical (unpaired) electrons. The number of alkyl halides is 3. The van der Waals surface area contributed by atoms with Gasteiger partial charge in [-0.2, -0.15) is 13.2 Å². The summed E-state index contributed by atoms with van der Waals surface area (Å²) in [6.07, 6.45) is 3.60. The lowest BCUT2D eigenvalue weighted by atomic mass is 9.78. The third-order valence-corrected chi connectivity index (χ3v) is 4.19. The van der Waals surface area contributed by atoms with E-state index in [1.54, 1.807) is 0 Å². The van der Waals surface area contributed by atoms with E-state index in [9.17, 15) is 18.3 Å². The molecule has 1 atom stereocenters. The third kappa shape index (κ3) is 5.98. The Kier molecular flexibility index (Phi) is 6.90. The normalized spacial score (nSPS) is 26.1. The van der Waals surface area contributed by atoms with Crippen LogP contribution in [-0.4, -0.2) is 17.4 Å². The van der Waals surface area contributed by atoms with Gasteiger partial charge in [-0.3, -0.25) is 0 Å². The van der Waals surface area contributed by atoms with Gasteiger partial charge in [-0.1, -0.05) is 18.9 Å². The molecule has 1 saturated carbocycles. The summed E-state index contributed by atoms with van der Waals surface area (Å²) in [6, 6.07) is 0. The second-order valence-electron chi connectivity index (χ2n) is 5.65. The fourth-order valence-electron chi connectivity index (χ4n) is 2.89. The van der Waals surface area contributed by atoms with Gasteiger partial charge < -0.3 is 5.11 Å². The number of hydrogen-bond acceptors (Lipinski definition) is 1. The van der Waals surface area contributed by atoms with E-state index in [2.05, 4.69) is 6.58 Å². The molecule has 0 saturated heterocycles. The Morgan fingerprint density at radius 2 is 1.74 bits per heavy atom. The average molecular weight is 278 g/mol. The van der Waals surface area contributed by atoms with Crippen LogP contribution in [0.15, 0.2) is 12.7 Å². The number of halogens is 3. The summed E-state index contributed by atoms with van der Waals surface area (Å²) in [5.74, 6) is -1.08. The molecule has 0 amide bonds. The van der Waals surface area contributed by atoms with Crippen LogP contribution in [0.3, 0.4) is 0 Å². The first-order valence-electron chi connectivity index (χ1n) is 7.30. The molecule has 0 bridgehead atoms. The first-order chi connectivity index (χ1) is 8.95. The van der Waals surface area contributed by atoms with Gasteiger partial charge in [0.1, 0.15) is 0 Å². The van der Waals surface area contributed by atoms with Gasteiger partial charge in [0.15, 0.2) is 0 Å². The zero-order valence-electron chi connectivity index (χ0n) is 11.5. The first kappa shape index (κ1) is 16.5. The third-order valence-electron chi connectivity index (χ3n) is 4.19. The topological polar surface area (TPSA) is 20.2 Å². The molecular weight excluding hydrogens is 253 g/mol. The molecule has 0 heterocycles. The molecule has 0 spiro atoms. The summed E-state index contributed by atoms with van der Waals surface area (Å²) >= 11 is 0. The minimum atomic E-state index is -4.05. The predicted octanol–water partition coefficient (Wildman–Crippen LogP) is 4.85. The molecule has 1 fully saturated rings. The van der Waals surface area contributed by atoms with Crippen LogP contribution in [0.1, 0.15) is 57.8 Å². The lowest BCUT2D eigenvalue weighted by Crippen LogP contribution is -2.32. The van der Waals surface area contributed by atoms with Gasteiger partial charge in [0.2, 0.25) is 0 Å². The van der Waals surface area contributed by atoms with Crippen molar-refractivity contribution in [3.8, 4) is 0 Å². The minimum absolute atomic E-state index is 0.0676. The van der Waals surface area contributed by atoms with Crippen molar-refractivity contribution in [3.63, 3.8) is 0 Å². The van der Waals surface area contributed by atoms with Crippen molar-refractivity contribution in [2.75, 3.05) is 0 Å². The molecule has 1 nitrogen and oxygen atoms in total. The van der Waals surface area contributed by atoms with Crippen molar-refractivity contribution in [2.24, 2.45) is 11.8 Å². The Morgan fingerprint density at radius 3 is 2.26 bits per heavy atom. The highest BCUT2D eigenvalue weighted by molar-refractivity contribution is 4.80.